The molecule has 1 amide bonds. The van der Waals surface area contributed by atoms with Gasteiger partial charge in [-0.2, -0.15) is 0 Å². The Morgan fingerprint density at radius 2 is 1.70 bits per heavy atom. The van der Waals surface area contributed by atoms with Gasteiger partial charge < -0.3 is 20.1 Å². The number of nitrogens with one attached hydrogen (secondary N) is 2. The van der Waals surface area contributed by atoms with Crippen LogP contribution >= 0.6 is 11.6 Å². The van der Waals surface area contributed by atoms with Crippen LogP contribution in [0.1, 0.15) is 23.7 Å². The molecule has 0 saturated heterocycles. The number of hydrogen-bond donors (Lipinski definition) is 3. The average Bonchev–Trinajstić information content (AvgIpc) is 2.94. The number of carbonyl (C=O) groups excluding carboxylic acids is 1. The van der Waals surface area contributed by atoms with Crippen molar-refractivity contribution in [3.05, 3.63) is 77.3 Å². The van der Waals surface area contributed by atoms with Crippen molar-refractivity contribution in [3.8, 4) is 5.75 Å². The molecular weight excluding hydrogens is 558 g/mol. The van der Waals surface area contributed by atoms with Gasteiger partial charge in [-0.05, 0) is 49.4 Å². The number of methoxy groups -OCH3 is 1. The van der Waals surface area contributed by atoms with Crippen molar-refractivity contribution in [2.75, 3.05) is 30.2 Å². The van der Waals surface area contributed by atoms with E-state index in [9.17, 15) is 18.0 Å². The van der Waals surface area contributed by atoms with E-state index in [1.807, 2.05) is 0 Å². The quantitative estimate of drug-likeness (QED) is 0.227. The zero-order valence-electron chi connectivity index (χ0n) is 21.6. The van der Waals surface area contributed by atoms with Gasteiger partial charge in [0.2, 0.25) is 0 Å². The van der Waals surface area contributed by atoms with Crippen LogP contribution in [-0.2, 0) is 14.8 Å². The molecule has 3 aromatic carbocycles. The van der Waals surface area contributed by atoms with Crippen molar-refractivity contribution in [2.24, 2.45) is 0 Å². The summed E-state index contributed by atoms with van der Waals surface area (Å²) in [5, 5.41) is 12.4. The molecule has 0 bridgehead atoms. The Hall–Kier alpha value is -4.42. The van der Waals surface area contributed by atoms with E-state index in [0.717, 1.165) is 0 Å². The molecule has 0 radical (unpaired) electrons. The fourth-order valence-corrected chi connectivity index (χ4v) is 5.03. The molecule has 0 aliphatic rings. The third-order valence-electron chi connectivity index (χ3n) is 5.88. The number of carboxylic acids is 1. The van der Waals surface area contributed by atoms with Crippen molar-refractivity contribution < 1.29 is 27.9 Å². The number of benzene rings is 3. The maximum absolute atomic E-state index is 13.5. The van der Waals surface area contributed by atoms with Gasteiger partial charge >= 0.3 is 5.97 Å². The number of rotatable bonds is 11. The molecule has 0 spiro atoms. The van der Waals surface area contributed by atoms with Crippen LogP contribution in [0.4, 0.5) is 17.3 Å². The minimum absolute atomic E-state index is 0.00552. The van der Waals surface area contributed by atoms with Crippen LogP contribution in [0, 0.1) is 0 Å². The van der Waals surface area contributed by atoms with Gasteiger partial charge in [0.25, 0.3) is 15.9 Å². The highest BCUT2D eigenvalue weighted by Gasteiger charge is 2.22. The molecule has 0 saturated carbocycles. The number of halogens is 1. The van der Waals surface area contributed by atoms with Crippen LogP contribution in [0.5, 0.6) is 5.75 Å². The first kappa shape index (κ1) is 28.6. The summed E-state index contributed by atoms with van der Waals surface area (Å²) in [5.41, 5.74) is 1.48. The third kappa shape index (κ3) is 6.58. The van der Waals surface area contributed by atoms with Gasteiger partial charge in [-0.3, -0.25) is 14.3 Å². The molecule has 0 aliphatic carbocycles. The number of anilines is 3. The number of amides is 1. The predicted octanol–water partition coefficient (Wildman–Crippen LogP) is 4.77. The van der Waals surface area contributed by atoms with Crippen LogP contribution in [0.25, 0.3) is 11.0 Å². The average molecular weight is 584 g/mol. The molecule has 4 rings (SSSR count). The molecule has 0 atom stereocenters. The molecular formula is C27H26ClN5O6S. The summed E-state index contributed by atoms with van der Waals surface area (Å²) >= 11 is 6.35. The minimum atomic E-state index is -4.25. The second-order valence-corrected chi connectivity index (χ2v) is 10.6. The van der Waals surface area contributed by atoms with Crippen molar-refractivity contribution >= 4 is 61.9 Å². The molecule has 0 fully saturated rings. The standard InChI is InChI=1S/C27H26ClN5O6S/c1-3-33(14-13-24(34)35)27(36)17-7-6-8-19(15-17)40(37,38)32-26-25(29-21-9-4-5-10-22(21)30-26)31-23-16-18(39-2)11-12-20(23)28/h4-12,15-16H,3,13-14H2,1-2H3,(H,29,31)(H,30,32)(H,34,35). The van der Waals surface area contributed by atoms with E-state index in [1.54, 1.807) is 49.4 Å². The second-order valence-electron chi connectivity index (χ2n) is 8.54. The molecule has 0 unspecified atom stereocenters. The third-order valence-corrected chi connectivity index (χ3v) is 7.55. The van der Waals surface area contributed by atoms with Gasteiger partial charge in [-0.15, -0.1) is 0 Å². The number of aromatic nitrogens is 2. The number of nitrogens with zero attached hydrogens (tertiary/aromatic N) is 3. The van der Waals surface area contributed by atoms with E-state index >= 15 is 0 Å². The number of aliphatic carboxylic acids is 1. The molecule has 13 heteroatoms. The predicted molar refractivity (Wildman–Crippen MR) is 152 cm³/mol. The lowest BCUT2D eigenvalue weighted by Crippen LogP contribution is -2.33. The number of carbonyl (C=O) groups is 2. The number of ether oxygens (including phenoxy) is 1. The fourth-order valence-electron chi connectivity index (χ4n) is 3.81. The van der Waals surface area contributed by atoms with Gasteiger partial charge in [-0.1, -0.05) is 29.8 Å². The summed E-state index contributed by atoms with van der Waals surface area (Å²) in [5.74, 6) is -1.00. The highest BCUT2D eigenvalue weighted by Crippen LogP contribution is 2.32. The smallest absolute Gasteiger partial charge is 0.305 e. The van der Waals surface area contributed by atoms with Gasteiger partial charge in [0.1, 0.15) is 5.75 Å². The molecule has 40 heavy (non-hydrogen) atoms. The Morgan fingerprint density at radius 1 is 1.00 bits per heavy atom. The van der Waals surface area contributed by atoms with E-state index in [4.69, 9.17) is 21.4 Å². The van der Waals surface area contributed by atoms with Gasteiger partial charge in [0, 0.05) is 24.7 Å². The van der Waals surface area contributed by atoms with Gasteiger partial charge in [0.15, 0.2) is 11.6 Å². The normalized spacial score (nSPS) is 11.2. The SMILES string of the molecule is CCN(CCC(=O)O)C(=O)c1cccc(S(=O)(=O)Nc2nc3ccccc3nc2Nc2cc(OC)ccc2Cl)c1. The minimum Gasteiger partial charge on any atom is -0.497 e. The summed E-state index contributed by atoms with van der Waals surface area (Å²) in [6.45, 7) is 1.97. The first-order valence-corrected chi connectivity index (χ1v) is 14.0. The number of para-hydroxylation sites is 2. The summed E-state index contributed by atoms with van der Waals surface area (Å²) in [4.78, 5) is 34.1. The van der Waals surface area contributed by atoms with Crippen LogP contribution in [0.2, 0.25) is 5.02 Å². The summed E-state index contributed by atoms with van der Waals surface area (Å²) in [6, 6.07) is 17.4. The molecule has 11 nitrogen and oxygen atoms in total. The van der Waals surface area contributed by atoms with E-state index < -0.39 is 21.9 Å². The van der Waals surface area contributed by atoms with E-state index in [2.05, 4.69) is 20.0 Å². The van der Waals surface area contributed by atoms with Crippen LogP contribution < -0.4 is 14.8 Å². The lowest BCUT2D eigenvalue weighted by atomic mass is 10.2. The number of fused-ring (bicyclic) bond motifs is 1. The second kappa shape index (κ2) is 12.2. The maximum Gasteiger partial charge on any atom is 0.305 e. The molecule has 1 heterocycles. The lowest BCUT2D eigenvalue weighted by molar-refractivity contribution is -0.137. The first-order chi connectivity index (χ1) is 19.1. The Kier molecular flexibility index (Phi) is 8.70. The largest absolute Gasteiger partial charge is 0.497 e. The molecule has 1 aromatic heterocycles. The molecule has 208 valence electrons. The lowest BCUT2D eigenvalue weighted by Gasteiger charge is -2.20. The van der Waals surface area contributed by atoms with Crippen LogP contribution in [-0.4, -0.2) is 60.5 Å². The maximum atomic E-state index is 13.5. The molecule has 0 aliphatic heterocycles. The Morgan fingerprint density at radius 3 is 2.35 bits per heavy atom. The van der Waals surface area contributed by atoms with E-state index in [1.165, 1.54) is 36.3 Å². The number of carboxylic acid groups (broad SMARTS) is 1. The highest BCUT2D eigenvalue weighted by molar-refractivity contribution is 7.92. The number of hydrogen-bond acceptors (Lipinski definition) is 8. The van der Waals surface area contributed by atoms with Crippen molar-refractivity contribution in [1.29, 1.82) is 0 Å². The monoisotopic (exact) mass is 583 g/mol. The molecule has 4 aromatic rings. The Bertz CT molecular complexity index is 1680. The fraction of sp³-hybridized carbons (Fsp3) is 0.185. The number of sulfonamides is 1. The van der Waals surface area contributed by atoms with E-state index in [0.29, 0.717) is 27.5 Å². The zero-order valence-corrected chi connectivity index (χ0v) is 23.2. The Labute approximate surface area is 235 Å². The summed E-state index contributed by atoms with van der Waals surface area (Å²) in [6.07, 6.45) is -0.229. The van der Waals surface area contributed by atoms with Gasteiger partial charge in [-0.25, -0.2) is 18.4 Å². The van der Waals surface area contributed by atoms with Crippen LogP contribution in [0.15, 0.2) is 71.6 Å². The van der Waals surface area contributed by atoms with E-state index in [-0.39, 0.29) is 41.6 Å². The topological polar surface area (TPSA) is 151 Å². The van der Waals surface area contributed by atoms with Crippen molar-refractivity contribution in [1.82, 2.24) is 14.9 Å². The zero-order chi connectivity index (χ0) is 28.9. The summed E-state index contributed by atoms with van der Waals surface area (Å²) in [7, 11) is -2.74. The highest BCUT2D eigenvalue weighted by atomic mass is 35.5. The van der Waals surface area contributed by atoms with Crippen molar-refractivity contribution in [2.45, 2.75) is 18.2 Å². The van der Waals surface area contributed by atoms with Crippen LogP contribution in [0.3, 0.4) is 0 Å². The Balaban J connectivity index is 1.69. The molecule has 3 N–H and O–H groups in total. The first-order valence-electron chi connectivity index (χ1n) is 12.1. The summed E-state index contributed by atoms with van der Waals surface area (Å²) < 4.78 is 34.7. The van der Waals surface area contributed by atoms with Crippen molar-refractivity contribution in [3.63, 3.8) is 0 Å². The van der Waals surface area contributed by atoms with Gasteiger partial charge in [0.05, 0.1) is 40.2 Å².